The zero-order chi connectivity index (χ0) is 9.10. The van der Waals surface area contributed by atoms with E-state index in [4.69, 9.17) is 5.73 Å². The number of hydrogen-bond acceptors (Lipinski definition) is 2. The zero-order valence-electron chi connectivity index (χ0n) is 8.47. The second-order valence-corrected chi connectivity index (χ2v) is 4.81. The number of nitrogens with one attached hydrogen (secondary N) is 1. The summed E-state index contributed by atoms with van der Waals surface area (Å²) in [5.41, 5.74) is 5.85. The molecule has 0 bridgehead atoms. The molecule has 2 aliphatic rings. The Labute approximate surface area is 81.3 Å². The van der Waals surface area contributed by atoms with Crippen molar-refractivity contribution < 1.29 is 0 Å². The standard InChI is InChI=1S/C11H22N2/c12-10-5-6-11(8-10)13-7-1-2-9-3-4-9/h9-11,13H,1-8,12H2. The first-order valence-electron chi connectivity index (χ1n) is 5.83. The molecule has 2 saturated carbocycles. The Morgan fingerprint density at radius 3 is 2.62 bits per heavy atom. The van der Waals surface area contributed by atoms with Gasteiger partial charge >= 0.3 is 0 Å². The fourth-order valence-electron chi connectivity index (χ4n) is 2.31. The van der Waals surface area contributed by atoms with Crippen LogP contribution in [-0.2, 0) is 0 Å². The Bertz CT molecular complexity index is 154. The SMILES string of the molecule is NC1CCC(NCCCC2CC2)C1. The molecular formula is C11H22N2. The summed E-state index contributed by atoms with van der Waals surface area (Å²) in [7, 11) is 0. The second-order valence-electron chi connectivity index (χ2n) is 4.81. The summed E-state index contributed by atoms with van der Waals surface area (Å²) < 4.78 is 0. The molecule has 2 atom stereocenters. The molecule has 3 N–H and O–H groups in total. The lowest BCUT2D eigenvalue weighted by molar-refractivity contribution is 0.494. The number of hydrogen-bond donors (Lipinski definition) is 2. The first-order valence-corrected chi connectivity index (χ1v) is 5.83. The Morgan fingerprint density at radius 1 is 1.15 bits per heavy atom. The molecule has 2 heteroatoms. The van der Waals surface area contributed by atoms with Gasteiger partial charge in [-0.3, -0.25) is 0 Å². The van der Waals surface area contributed by atoms with Gasteiger partial charge in [0.25, 0.3) is 0 Å². The molecule has 2 fully saturated rings. The van der Waals surface area contributed by atoms with Crippen molar-refractivity contribution in [3.05, 3.63) is 0 Å². The van der Waals surface area contributed by atoms with E-state index in [9.17, 15) is 0 Å². The van der Waals surface area contributed by atoms with Gasteiger partial charge in [0, 0.05) is 12.1 Å². The third kappa shape index (κ3) is 3.28. The molecule has 2 rings (SSSR count). The lowest BCUT2D eigenvalue weighted by atomic mass is 10.2. The van der Waals surface area contributed by atoms with E-state index in [0.717, 1.165) is 12.0 Å². The van der Waals surface area contributed by atoms with Gasteiger partial charge in [-0.2, -0.15) is 0 Å². The third-order valence-electron chi connectivity index (χ3n) is 3.39. The van der Waals surface area contributed by atoms with Gasteiger partial charge < -0.3 is 11.1 Å². The van der Waals surface area contributed by atoms with Crippen LogP contribution in [0.1, 0.15) is 44.9 Å². The minimum absolute atomic E-state index is 0.473. The maximum absolute atomic E-state index is 5.85. The van der Waals surface area contributed by atoms with Crippen molar-refractivity contribution in [3.8, 4) is 0 Å². The Kier molecular flexibility index (Phi) is 3.23. The van der Waals surface area contributed by atoms with E-state index in [-0.39, 0.29) is 0 Å². The molecule has 2 nitrogen and oxygen atoms in total. The first kappa shape index (κ1) is 9.47. The van der Waals surface area contributed by atoms with Crippen LogP contribution in [0.2, 0.25) is 0 Å². The van der Waals surface area contributed by atoms with Crippen molar-refractivity contribution in [2.75, 3.05) is 6.54 Å². The molecule has 0 aromatic carbocycles. The molecule has 0 amide bonds. The fraction of sp³-hybridized carbons (Fsp3) is 1.00. The molecule has 2 unspecified atom stereocenters. The van der Waals surface area contributed by atoms with Gasteiger partial charge in [-0.25, -0.2) is 0 Å². The summed E-state index contributed by atoms with van der Waals surface area (Å²) in [5, 5.41) is 3.62. The van der Waals surface area contributed by atoms with Gasteiger partial charge in [-0.1, -0.05) is 12.8 Å². The Balaban J connectivity index is 1.47. The third-order valence-corrected chi connectivity index (χ3v) is 3.39. The van der Waals surface area contributed by atoms with E-state index >= 15 is 0 Å². The molecule has 0 aromatic rings. The van der Waals surface area contributed by atoms with Crippen LogP contribution in [0.4, 0.5) is 0 Å². The monoisotopic (exact) mass is 182 g/mol. The number of nitrogens with two attached hydrogens (primary N) is 1. The summed E-state index contributed by atoms with van der Waals surface area (Å²) in [6, 6.07) is 1.20. The lowest BCUT2D eigenvalue weighted by Crippen LogP contribution is -2.29. The van der Waals surface area contributed by atoms with Crippen LogP contribution in [-0.4, -0.2) is 18.6 Å². The Hall–Kier alpha value is -0.0800. The fourth-order valence-corrected chi connectivity index (χ4v) is 2.31. The highest BCUT2D eigenvalue weighted by Gasteiger charge is 2.22. The van der Waals surface area contributed by atoms with Crippen LogP contribution in [0.25, 0.3) is 0 Å². The maximum atomic E-state index is 5.85. The van der Waals surface area contributed by atoms with Crippen LogP contribution in [0, 0.1) is 5.92 Å². The van der Waals surface area contributed by atoms with Crippen LogP contribution in [0.15, 0.2) is 0 Å². The summed E-state index contributed by atoms with van der Waals surface area (Å²) in [5.74, 6) is 1.09. The topological polar surface area (TPSA) is 38.0 Å². The van der Waals surface area contributed by atoms with Crippen molar-refractivity contribution in [2.24, 2.45) is 11.7 Å². The van der Waals surface area contributed by atoms with Gasteiger partial charge in [0.15, 0.2) is 0 Å². The van der Waals surface area contributed by atoms with Gasteiger partial charge in [-0.05, 0) is 44.6 Å². The summed E-state index contributed by atoms with van der Waals surface area (Å²) >= 11 is 0. The smallest absolute Gasteiger partial charge is 0.00823 e. The van der Waals surface area contributed by atoms with Gasteiger partial charge in [0.05, 0.1) is 0 Å². The van der Waals surface area contributed by atoms with Crippen molar-refractivity contribution in [1.29, 1.82) is 0 Å². The molecule has 0 spiro atoms. The van der Waals surface area contributed by atoms with E-state index in [2.05, 4.69) is 5.32 Å². The van der Waals surface area contributed by atoms with Crippen molar-refractivity contribution in [3.63, 3.8) is 0 Å². The predicted octanol–water partition coefficient (Wildman–Crippen LogP) is 1.65. The van der Waals surface area contributed by atoms with Crippen molar-refractivity contribution in [1.82, 2.24) is 5.32 Å². The van der Waals surface area contributed by atoms with Crippen LogP contribution < -0.4 is 11.1 Å². The molecular weight excluding hydrogens is 160 g/mol. The minimum atomic E-state index is 0.473. The molecule has 0 heterocycles. The molecule has 0 aliphatic heterocycles. The zero-order valence-corrected chi connectivity index (χ0v) is 8.47. The van der Waals surface area contributed by atoms with Crippen molar-refractivity contribution in [2.45, 2.75) is 57.0 Å². The molecule has 0 aromatic heterocycles. The first-order chi connectivity index (χ1) is 6.34. The molecule has 2 aliphatic carbocycles. The van der Waals surface area contributed by atoms with E-state index in [0.29, 0.717) is 6.04 Å². The molecule has 0 saturated heterocycles. The quantitative estimate of drug-likeness (QED) is 0.634. The Morgan fingerprint density at radius 2 is 2.00 bits per heavy atom. The highest BCUT2D eigenvalue weighted by Crippen LogP contribution is 2.33. The van der Waals surface area contributed by atoms with Crippen LogP contribution in [0.5, 0.6) is 0 Å². The summed E-state index contributed by atoms with van der Waals surface area (Å²) in [6.07, 6.45) is 9.53. The summed E-state index contributed by atoms with van der Waals surface area (Å²) in [6.45, 7) is 1.22. The second kappa shape index (κ2) is 4.43. The maximum Gasteiger partial charge on any atom is 0.00823 e. The minimum Gasteiger partial charge on any atom is -0.328 e. The van der Waals surface area contributed by atoms with E-state index in [1.807, 2.05) is 0 Å². The van der Waals surface area contributed by atoms with Gasteiger partial charge in [-0.15, -0.1) is 0 Å². The average molecular weight is 182 g/mol. The van der Waals surface area contributed by atoms with E-state index in [1.54, 1.807) is 0 Å². The van der Waals surface area contributed by atoms with Crippen molar-refractivity contribution >= 4 is 0 Å². The van der Waals surface area contributed by atoms with E-state index in [1.165, 1.54) is 51.5 Å². The molecule has 76 valence electrons. The molecule has 0 radical (unpaired) electrons. The van der Waals surface area contributed by atoms with E-state index < -0.39 is 0 Å². The number of rotatable bonds is 5. The normalized spacial score (nSPS) is 33.9. The van der Waals surface area contributed by atoms with Crippen LogP contribution >= 0.6 is 0 Å². The average Bonchev–Trinajstić information content (AvgIpc) is 2.84. The predicted molar refractivity (Wildman–Crippen MR) is 55.6 cm³/mol. The highest BCUT2D eigenvalue weighted by atomic mass is 14.9. The van der Waals surface area contributed by atoms with Gasteiger partial charge in [0.2, 0.25) is 0 Å². The summed E-state index contributed by atoms with van der Waals surface area (Å²) in [4.78, 5) is 0. The highest BCUT2D eigenvalue weighted by molar-refractivity contribution is 4.82. The van der Waals surface area contributed by atoms with Crippen LogP contribution in [0.3, 0.4) is 0 Å². The molecule has 13 heavy (non-hydrogen) atoms. The largest absolute Gasteiger partial charge is 0.328 e. The van der Waals surface area contributed by atoms with Gasteiger partial charge in [0.1, 0.15) is 0 Å². The lowest BCUT2D eigenvalue weighted by Gasteiger charge is -2.11.